The number of rotatable bonds is 6. The van der Waals surface area contributed by atoms with E-state index in [1.54, 1.807) is 0 Å². The maximum atomic E-state index is 12.5. The molecule has 4 nitrogen and oxygen atoms in total. The van der Waals surface area contributed by atoms with Crippen LogP contribution in [0.3, 0.4) is 0 Å². The van der Waals surface area contributed by atoms with Crippen LogP contribution in [0.25, 0.3) is 0 Å². The molecule has 1 aliphatic heterocycles. The predicted octanol–water partition coefficient (Wildman–Crippen LogP) is 1.84. The highest BCUT2D eigenvalue weighted by Crippen LogP contribution is 2.08. The number of nitrogens with zero attached hydrogens (tertiary/aromatic N) is 2. The van der Waals surface area contributed by atoms with E-state index >= 15 is 0 Å². The highest BCUT2D eigenvalue weighted by molar-refractivity contribution is 5.85. The van der Waals surface area contributed by atoms with Crippen molar-refractivity contribution in [3.8, 4) is 0 Å². The van der Waals surface area contributed by atoms with Crippen molar-refractivity contribution < 1.29 is 4.79 Å². The average molecular weight is 306 g/mol. The lowest BCUT2D eigenvalue weighted by molar-refractivity contribution is -0.134. The van der Waals surface area contributed by atoms with Gasteiger partial charge in [0.2, 0.25) is 5.91 Å². The van der Waals surface area contributed by atoms with Crippen molar-refractivity contribution in [3.05, 3.63) is 0 Å². The highest BCUT2D eigenvalue weighted by atomic mass is 35.5. The Labute approximate surface area is 130 Å². The zero-order valence-corrected chi connectivity index (χ0v) is 14.5. The number of nitrogens with one attached hydrogen (secondary N) is 1. The van der Waals surface area contributed by atoms with E-state index in [4.69, 9.17) is 0 Å². The van der Waals surface area contributed by atoms with Gasteiger partial charge in [0, 0.05) is 38.8 Å². The molecule has 0 unspecified atom stereocenters. The zero-order chi connectivity index (χ0) is 14.4. The average Bonchev–Trinajstić information content (AvgIpc) is 2.30. The van der Waals surface area contributed by atoms with Crippen LogP contribution in [0.5, 0.6) is 0 Å². The summed E-state index contributed by atoms with van der Waals surface area (Å²) in [6.45, 7) is 16.2. The summed E-state index contributed by atoms with van der Waals surface area (Å²) in [6.07, 6.45) is 0. The van der Waals surface area contributed by atoms with Crippen LogP contribution in [0, 0.1) is 11.8 Å². The molecule has 120 valence electrons. The van der Waals surface area contributed by atoms with Crippen LogP contribution in [0.1, 0.15) is 34.6 Å². The Morgan fingerprint density at radius 1 is 1.25 bits per heavy atom. The number of hydrogen-bond acceptors (Lipinski definition) is 3. The standard InChI is InChI=1S/C15H31N3O.ClH/c1-12(2)9-18(10-13(3)4)15(19)11-17-7-6-16-8-14(17)5;/h12-14,16H,6-11H2,1-5H3;1H/t14-;/m1./s1. The smallest absolute Gasteiger partial charge is 0.236 e. The molecule has 0 aromatic rings. The number of piperazine rings is 1. The van der Waals surface area contributed by atoms with E-state index < -0.39 is 0 Å². The number of amides is 1. The van der Waals surface area contributed by atoms with E-state index in [0.29, 0.717) is 24.4 Å². The van der Waals surface area contributed by atoms with Crippen molar-refractivity contribution >= 4 is 18.3 Å². The first-order valence-corrected chi connectivity index (χ1v) is 7.62. The van der Waals surface area contributed by atoms with Crippen LogP contribution in [-0.2, 0) is 4.79 Å². The number of carbonyl (C=O) groups excluding carboxylic acids is 1. The van der Waals surface area contributed by atoms with E-state index in [2.05, 4.69) is 44.8 Å². The second-order valence-corrected chi connectivity index (χ2v) is 6.61. The van der Waals surface area contributed by atoms with Gasteiger partial charge in [-0.1, -0.05) is 27.7 Å². The lowest BCUT2D eigenvalue weighted by Gasteiger charge is -2.35. The van der Waals surface area contributed by atoms with Crippen molar-refractivity contribution in [1.82, 2.24) is 15.1 Å². The Morgan fingerprint density at radius 2 is 1.80 bits per heavy atom. The molecule has 1 N–H and O–H groups in total. The summed E-state index contributed by atoms with van der Waals surface area (Å²) in [7, 11) is 0. The van der Waals surface area contributed by atoms with Gasteiger partial charge in [-0.05, 0) is 18.8 Å². The van der Waals surface area contributed by atoms with Crippen LogP contribution in [0.15, 0.2) is 0 Å². The molecule has 1 rings (SSSR count). The molecule has 20 heavy (non-hydrogen) atoms. The minimum atomic E-state index is 0. The fraction of sp³-hybridized carbons (Fsp3) is 0.933. The van der Waals surface area contributed by atoms with E-state index in [1.165, 1.54) is 0 Å². The van der Waals surface area contributed by atoms with Crippen molar-refractivity contribution in [2.24, 2.45) is 11.8 Å². The van der Waals surface area contributed by atoms with Crippen LogP contribution >= 0.6 is 12.4 Å². The van der Waals surface area contributed by atoms with E-state index in [9.17, 15) is 4.79 Å². The van der Waals surface area contributed by atoms with E-state index in [1.807, 2.05) is 4.90 Å². The minimum absolute atomic E-state index is 0. The molecule has 0 aliphatic carbocycles. The van der Waals surface area contributed by atoms with Crippen molar-refractivity contribution in [2.45, 2.75) is 40.7 Å². The summed E-state index contributed by atoms with van der Waals surface area (Å²) in [6, 6.07) is 0.456. The van der Waals surface area contributed by atoms with Crippen LogP contribution in [0.4, 0.5) is 0 Å². The Morgan fingerprint density at radius 3 is 2.25 bits per heavy atom. The van der Waals surface area contributed by atoms with Gasteiger partial charge in [-0.25, -0.2) is 0 Å². The largest absolute Gasteiger partial charge is 0.341 e. The third-order valence-corrected chi connectivity index (χ3v) is 3.50. The van der Waals surface area contributed by atoms with Crippen LogP contribution in [-0.4, -0.2) is 61.0 Å². The molecule has 5 heteroatoms. The molecular weight excluding hydrogens is 274 g/mol. The SMILES string of the molecule is CC(C)CN(CC(C)C)C(=O)CN1CCNC[C@H]1C.Cl. The van der Waals surface area contributed by atoms with E-state index in [-0.39, 0.29) is 18.3 Å². The van der Waals surface area contributed by atoms with Gasteiger partial charge in [0.15, 0.2) is 0 Å². The topological polar surface area (TPSA) is 35.6 Å². The number of hydrogen-bond donors (Lipinski definition) is 1. The maximum Gasteiger partial charge on any atom is 0.236 e. The fourth-order valence-electron chi connectivity index (χ4n) is 2.55. The maximum absolute atomic E-state index is 12.5. The zero-order valence-electron chi connectivity index (χ0n) is 13.7. The van der Waals surface area contributed by atoms with Crippen LogP contribution in [0.2, 0.25) is 0 Å². The summed E-state index contributed by atoms with van der Waals surface area (Å²) in [4.78, 5) is 16.8. The van der Waals surface area contributed by atoms with Gasteiger partial charge in [0.05, 0.1) is 6.54 Å². The second-order valence-electron chi connectivity index (χ2n) is 6.61. The minimum Gasteiger partial charge on any atom is -0.341 e. The Balaban J connectivity index is 0.00000361. The highest BCUT2D eigenvalue weighted by Gasteiger charge is 2.23. The van der Waals surface area contributed by atoms with Crippen molar-refractivity contribution in [2.75, 3.05) is 39.3 Å². The molecule has 0 aromatic heterocycles. The third-order valence-electron chi connectivity index (χ3n) is 3.50. The monoisotopic (exact) mass is 305 g/mol. The molecule has 1 amide bonds. The lowest BCUT2D eigenvalue weighted by atomic mass is 10.1. The van der Waals surface area contributed by atoms with Gasteiger partial charge in [0.25, 0.3) is 0 Å². The first-order valence-electron chi connectivity index (χ1n) is 7.62. The molecule has 0 bridgehead atoms. The summed E-state index contributed by atoms with van der Waals surface area (Å²) in [5, 5.41) is 3.36. The van der Waals surface area contributed by atoms with Gasteiger partial charge < -0.3 is 10.2 Å². The number of halogens is 1. The molecule has 1 fully saturated rings. The molecule has 1 saturated heterocycles. The molecule has 1 aliphatic rings. The van der Waals surface area contributed by atoms with Gasteiger partial charge in [-0.15, -0.1) is 12.4 Å². The first kappa shape index (κ1) is 19.7. The number of carbonyl (C=O) groups is 1. The quantitative estimate of drug-likeness (QED) is 0.813. The van der Waals surface area contributed by atoms with Gasteiger partial charge in [0.1, 0.15) is 0 Å². The summed E-state index contributed by atoms with van der Waals surface area (Å²) in [5.41, 5.74) is 0. The third kappa shape index (κ3) is 6.91. The first-order chi connectivity index (χ1) is 8.90. The molecule has 0 radical (unpaired) electrons. The molecule has 1 heterocycles. The summed E-state index contributed by atoms with van der Waals surface area (Å²) < 4.78 is 0. The molecule has 0 saturated carbocycles. The van der Waals surface area contributed by atoms with Gasteiger partial charge in [-0.3, -0.25) is 9.69 Å². The normalized spacial score (nSPS) is 20.1. The van der Waals surface area contributed by atoms with Crippen molar-refractivity contribution in [3.63, 3.8) is 0 Å². The molecule has 0 aromatic carbocycles. The Bertz CT molecular complexity index is 274. The second kappa shape index (κ2) is 9.59. The van der Waals surface area contributed by atoms with Gasteiger partial charge in [-0.2, -0.15) is 0 Å². The lowest BCUT2D eigenvalue weighted by Crippen LogP contribution is -2.53. The van der Waals surface area contributed by atoms with Crippen LogP contribution < -0.4 is 5.32 Å². The molecule has 1 atom stereocenters. The summed E-state index contributed by atoms with van der Waals surface area (Å²) >= 11 is 0. The Hall–Kier alpha value is -0.320. The van der Waals surface area contributed by atoms with Gasteiger partial charge >= 0.3 is 0 Å². The van der Waals surface area contributed by atoms with Crippen molar-refractivity contribution in [1.29, 1.82) is 0 Å². The fourth-order valence-corrected chi connectivity index (χ4v) is 2.55. The predicted molar refractivity (Wildman–Crippen MR) is 87.4 cm³/mol. The molecular formula is C15H32ClN3O. The summed E-state index contributed by atoms with van der Waals surface area (Å²) in [5.74, 6) is 1.35. The van der Waals surface area contributed by atoms with E-state index in [0.717, 1.165) is 32.7 Å². The molecule has 0 spiro atoms. The Kier molecular flexibility index (Phi) is 9.43.